The second-order valence-electron chi connectivity index (χ2n) is 7.54. The van der Waals surface area contributed by atoms with Gasteiger partial charge in [-0.3, -0.25) is 19.2 Å². The number of carbonyl (C=O) groups excluding carboxylic acids is 1. The van der Waals surface area contributed by atoms with E-state index in [9.17, 15) is 23.3 Å². The lowest BCUT2D eigenvalue weighted by Gasteiger charge is -2.30. The molecule has 0 aromatic heterocycles. The first-order valence-corrected chi connectivity index (χ1v) is 11.3. The highest BCUT2D eigenvalue weighted by molar-refractivity contribution is 7.92. The predicted molar refractivity (Wildman–Crippen MR) is 117 cm³/mol. The zero-order chi connectivity index (χ0) is 22.8. The van der Waals surface area contributed by atoms with Crippen molar-refractivity contribution in [2.45, 2.75) is 46.7 Å². The number of nitrogens with one attached hydrogen (secondary N) is 1. The molecule has 2 rings (SSSR count). The van der Waals surface area contributed by atoms with E-state index in [0.717, 1.165) is 27.3 Å². The number of rotatable bonds is 7. The maximum atomic E-state index is 12.9. The van der Waals surface area contributed by atoms with Crippen LogP contribution in [0, 0.1) is 30.9 Å². The van der Waals surface area contributed by atoms with Gasteiger partial charge in [0.1, 0.15) is 6.04 Å². The minimum atomic E-state index is -3.89. The number of hydrogen-bond acceptors (Lipinski definition) is 5. The van der Waals surface area contributed by atoms with Gasteiger partial charge < -0.3 is 5.32 Å². The molecule has 0 unspecified atom stereocenters. The van der Waals surface area contributed by atoms with Crippen molar-refractivity contribution in [3.05, 3.63) is 68.8 Å². The molecule has 0 fully saturated rings. The van der Waals surface area contributed by atoms with Gasteiger partial charge in [0.05, 0.1) is 22.9 Å². The van der Waals surface area contributed by atoms with E-state index in [2.05, 4.69) is 5.32 Å². The number of nitro groups is 1. The Kier molecular flexibility index (Phi) is 6.87. The highest BCUT2D eigenvalue weighted by atomic mass is 32.2. The summed E-state index contributed by atoms with van der Waals surface area (Å²) in [6, 6.07) is 8.35. The van der Waals surface area contributed by atoms with Crippen LogP contribution in [-0.4, -0.2) is 31.5 Å². The number of non-ortho nitro benzene ring substituents is 1. The number of carbonyl (C=O) groups is 1. The van der Waals surface area contributed by atoms with Gasteiger partial charge in [-0.05, 0) is 56.9 Å². The highest BCUT2D eigenvalue weighted by Crippen LogP contribution is 2.29. The maximum absolute atomic E-state index is 12.9. The summed E-state index contributed by atoms with van der Waals surface area (Å²) in [5.41, 5.74) is 3.49. The summed E-state index contributed by atoms with van der Waals surface area (Å²) in [6.45, 7) is 8.89. The largest absolute Gasteiger partial charge is 0.348 e. The number of amides is 1. The van der Waals surface area contributed by atoms with Gasteiger partial charge in [-0.25, -0.2) is 8.42 Å². The SMILES string of the molecule is Cc1ccc([C@@H](C)NC(=O)[C@@H](C)N(c2cc([N+](=O)[O-])ccc2C)S(C)(=O)=O)cc1C. The van der Waals surface area contributed by atoms with Crippen LogP contribution in [0.3, 0.4) is 0 Å². The second-order valence-corrected chi connectivity index (χ2v) is 9.40. The lowest BCUT2D eigenvalue weighted by molar-refractivity contribution is -0.384. The molecule has 162 valence electrons. The van der Waals surface area contributed by atoms with Crippen LogP contribution in [-0.2, 0) is 14.8 Å². The molecular formula is C21H27N3O5S. The van der Waals surface area contributed by atoms with Gasteiger partial charge in [0.25, 0.3) is 5.69 Å². The van der Waals surface area contributed by atoms with E-state index in [1.165, 1.54) is 25.1 Å². The summed E-state index contributed by atoms with van der Waals surface area (Å²) < 4.78 is 26.0. The third-order valence-electron chi connectivity index (χ3n) is 5.12. The van der Waals surface area contributed by atoms with Crippen molar-refractivity contribution >= 4 is 27.3 Å². The zero-order valence-corrected chi connectivity index (χ0v) is 18.8. The van der Waals surface area contributed by atoms with Crippen LogP contribution < -0.4 is 9.62 Å². The van der Waals surface area contributed by atoms with E-state index in [-0.39, 0.29) is 17.4 Å². The summed E-state index contributed by atoms with van der Waals surface area (Å²) >= 11 is 0. The predicted octanol–water partition coefficient (Wildman–Crippen LogP) is 3.55. The topological polar surface area (TPSA) is 110 Å². The van der Waals surface area contributed by atoms with Gasteiger partial charge in [-0.2, -0.15) is 0 Å². The molecule has 2 aromatic carbocycles. The minimum Gasteiger partial charge on any atom is -0.348 e. The van der Waals surface area contributed by atoms with Gasteiger partial charge in [-0.15, -0.1) is 0 Å². The lowest BCUT2D eigenvalue weighted by atomic mass is 10.0. The van der Waals surface area contributed by atoms with Gasteiger partial charge >= 0.3 is 0 Å². The van der Waals surface area contributed by atoms with E-state index < -0.39 is 26.9 Å². The molecule has 0 radical (unpaired) electrons. The Balaban J connectivity index is 2.37. The molecule has 9 heteroatoms. The molecule has 30 heavy (non-hydrogen) atoms. The molecule has 0 bridgehead atoms. The van der Waals surface area contributed by atoms with Crippen LogP contribution in [0.5, 0.6) is 0 Å². The minimum absolute atomic E-state index is 0.105. The van der Waals surface area contributed by atoms with Crippen LogP contribution in [0.15, 0.2) is 36.4 Å². The fourth-order valence-corrected chi connectivity index (χ4v) is 4.41. The van der Waals surface area contributed by atoms with Crippen LogP contribution in [0.25, 0.3) is 0 Å². The first-order valence-electron chi connectivity index (χ1n) is 9.45. The summed E-state index contributed by atoms with van der Waals surface area (Å²) in [5.74, 6) is -0.503. The molecular weight excluding hydrogens is 406 g/mol. The fraction of sp³-hybridized carbons (Fsp3) is 0.381. The van der Waals surface area contributed by atoms with Crippen molar-refractivity contribution in [1.29, 1.82) is 0 Å². The molecule has 0 aliphatic heterocycles. The molecule has 0 saturated carbocycles. The summed E-state index contributed by atoms with van der Waals surface area (Å²) in [6.07, 6.45) is 0.974. The van der Waals surface area contributed by atoms with Crippen LogP contribution >= 0.6 is 0 Å². The molecule has 1 amide bonds. The van der Waals surface area contributed by atoms with Crippen molar-refractivity contribution in [3.63, 3.8) is 0 Å². The molecule has 0 aliphatic rings. The number of sulfonamides is 1. The Morgan fingerprint density at radius 3 is 2.17 bits per heavy atom. The van der Waals surface area contributed by atoms with E-state index in [1.54, 1.807) is 6.92 Å². The smallest absolute Gasteiger partial charge is 0.271 e. The standard InChI is InChI=1S/C21H27N3O5S/c1-13-7-9-18(11-15(13)3)16(4)22-21(25)17(5)23(30(6,28)29)20-12-19(24(26)27)10-8-14(20)2/h7-12,16-17H,1-6H3,(H,22,25)/t16-,17-/m1/s1. The fourth-order valence-electron chi connectivity index (χ4n) is 3.18. The molecule has 2 atom stereocenters. The first kappa shape index (κ1) is 23.3. The summed E-state index contributed by atoms with van der Waals surface area (Å²) in [5, 5.41) is 14.0. The summed E-state index contributed by atoms with van der Waals surface area (Å²) in [4.78, 5) is 23.5. The number of nitro benzene ring substituents is 1. The number of benzene rings is 2. The van der Waals surface area contributed by atoms with Crippen molar-refractivity contribution in [2.24, 2.45) is 0 Å². The van der Waals surface area contributed by atoms with E-state index in [1.807, 2.05) is 39.0 Å². The number of aryl methyl sites for hydroxylation is 3. The Morgan fingerprint density at radius 2 is 1.63 bits per heavy atom. The third-order valence-corrected chi connectivity index (χ3v) is 6.35. The quantitative estimate of drug-likeness (QED) is 0.530. The van der Waals surface area contributed by atoms with E-state index in [4.69, 9.17) is 0 Å². The average molecular weight is 434 g/mol. The first-order chi connectivity index (χ1) is 13.8. The van der Waals surface area contributed by atoms with Gasteiger partial charge in [0.2, 0.25) is 15.9 Å². The molecule has 2 aromatic rings. The van der Waals surface area contributed by atoms with Crippen LogP contribution in [0.2, 0.25) is 0 Å². The van der Waals surface area contributed by atoms with Crippen molar-refractivity contribution in [1.82, 2.24) is 5.32 Å². The van der Waals surface area contributed by atoms with Gasteiger partial charge in [0.15, 0.2) is 0 Å². The molecule has 0 saturated heterocycles. The van der Waals surface area contributed by atoms with Crippen molar-refractivity contribution in [2.75, 3.05) is 10.6 Å². The van der Waals surface area contributed by atoms with Crippen molar-refractivity contribution < 1.29 is 18.1 Å². The molecule has 1 N–H and O–H groups in total. The Bertz CT molecular complexity index is 1080. The van der Waals surface area contributed by atoms with E-state index in [0.29, 0.717) is 5.56 Å². The molecule has 0 spiro atoms. The Hall–Kier alpha value is -2.94. The normalized spacial score (nSPS) is 13.4. The summed E-state index contributed by atoms with van der Waals surface area (Å²) in [7, 11) is -3.89. The zero-order valence-electron chi connectivity index (χ0n) is 18.0. The van der Waals surface area contributed by atoms with Gasteiger partial charge in [0, 0.05) is 12.1 Å². The van der Waals surface area contributed by atoms with Crippen molar-refractivity contribution in [3.8, 4) is 0 Å². The number of anilines is 1. The Morgan fingerprint density at radius 1 is 1.03 bits per heavy atom. The highest BCUT2D eigenvalue weighted by Gasteiger charge is 2.32. The average Bonchev–Trinajstić information content (AvgIpc) is 2.64. The number of hydrogen-bond donors (Lipinski definition) is 1. The van der Waals surface area contributed by atoms with Crippen LogP contribution in [0.4, 0.5) is 11.4 Å². The van der Waals surface area contributed by atoms with E-state index >= 15 is 0 Å². The lowest BCUT2D eigenvalue weighted by Crippen LogP contribution is -2.48. The number of nitrogens with zero attached hydrogens (tertiary/aromatic N) is 2. The van der Waals surface area contributed by atoms with Crippen LogP contribution in [0.1, 0.15) is 42.1 Å². The molecule has 8 nitrogen and oxygen atoms in total. The molecule has 0 aliphatic carbocycles. The third kappa shape index (κ3) is 5.15. The Labute approximate surface area is 177 Å². The van der Waals surface area contributed by atoms with Gasteiger partial charge in [-0.1, -0.05) is 24.3 Å². The monoisotopic (exact) mass is 433 g/mol. The maximum Gasteiger partial charge on any atom is 0.271 e. The molecule has 0 heterocycles. The second kappa shape index (κ2) is 8.83.